The lowest BCUT2D eigenvalue weighted by atomic mass is 10.1. The molecular weight excluding hydrogens is 266 g/mol. The highest BCUT2D eigenvalue weighted by Gasteiger charge is 2.19. The van der Waals surface area contributed by atoms with Gasteiger partial charge in [0.25, 0.3) is 0 Å². The molecule has 1 aromatic heterocycles. The fraction of sp³-hybridized carbons (Fsp3) is 0.615. The number of methoxy groups -OCH3 is 1. The van der Waals surface area contributed by atoms with E-state index < -0.39 is 10.8 Å². The summed E-state index contributed by atoms with van der Waals surface area (Å²) in [6.07, 6.45) is 1.85. The Labute approximate surface area is 115 Å². The molecule has 6 heteroatoms. The number of carbonyl (C=O) groups excluding carboxylic acids is 1. The summed E-state index contributed by atoms with van der Waals surface area (Å²) < 4.78 is 21.5. The lowest BCUT2D eigenvalue weighted by Gasteiger charge is -2.21. The van der Waals surface area contributed by atoms with E-state index in [-0.39, 0.29) is 5.97 Å². The van der Waals surface area contributed by atoms with Gasteiger partial charge >= 0.3 is 5.97 Å². The normalized spacial score (nSPS) is 23.3. The Hall–Kier alpha value is -1.14. The van der Waals surface area contributed by atoms with Crippen molar-refractivity contribution >= 4 is 16.8 Å². The second kappa shape index (κ2) is 6.34. The first-order valence-corrected chi connectivity index (χ1v) is 7.85. The zero-order valence-electron chi connectivity index (χ0n) is 11.2. The first-order valence-electron chi connectivity index (χ1n) is 6.36. The third-order valence-electron chi connectivity index (χ3n) is 3.33. The summed E-state index contributed by atoms with van der Waals surface area (Å²) in [5, 5.41) is 3.38. The first kappa shape index (κ1) is 14.3. The Kier molecular flexibility index (Phi) is 4.76. The van der Waals surface area contributed by atoms with Gasteiger partial charge in [-0.15, -0.1) is 0 Å². The van der Waals surface area contributed by atoms with Crippen molar-refractivity contribution in [1.82, 2.24) is 5.32 Å². The number of furan rings is 1. The molecule has 0 bridgehead atoms. The predicted molar refractivity (Wildman–Crippen MR) is 72.5 cm³/mol. The van der Waals surface area contributed by atoms with Crippen LogP contribution in [-0.4, -0.2) is 34.8 Å². The molecule has 1 fully saturated rings. The third-order valence-corrected chi connectivity index (χ3v) is 4.71. The zero-order valence-corrected chi connectivity index (χ0v) is 12.0. The number of esters is 1. The van der Waals surface area contributed by atoms with E-state index in [0.717, 1.165) is 30.1 Å². The van der Waals surface area contributed by atoms with Gasteiger partial charge in [0.2, 0.25) is 0 Å². The summed E-state index contributed by atoms with van der Waals surface area (Å²) in [6.45, 7) is 2.33. The predicted octanol–water partition coefficient (Wildman–Crippen LogP) is 1.38. The number of hydrogen-bond donors (Lipinski definition) is 1. The average Bonchev–Trinajstić information content (AvgIpc) is 2.78. The van der Waals surface area contributed by atoms with Crippen molar-refractivity contribution in [3.8, 4) is 0 Å². The zero-order chi connectivity index (χ0) is 13.8. The Bertz CT molecular complexity index is 473. The topological polar surface area (TPSA) is 68.5 Å². The number of hydrogen-bond acceptors (Lipinski definition) is 5. The fourth-order valence-electron chi connectivity index (χ4n) is 2.19. The minimum atomic E-state index is -0.641. The number of aryl methyl sites for hydroxylation is 1. The maximum atomic E-state index is 11.5. The van der Waals surface area contributed by atoms with E-state index in [1.165, 1.54) is 7.11 Å². The van der Waals surface area contributed by atoms with Crippen LogP contribution in [0.3, 0.4) is 0 Å². The van der Waals surface area contributed by atoms with Gasteiger partial charge in [-0.3, -0.25) is 4.21 Å². The van der Waals surface area contributed by atoms with Gasteiger partial charge in [0.15, 0.2) is 0 Å². The average molecular weight is 285 g/mol. The Balaban J connectivity index is 1.89. The molecule has 0 saturated carbocycles. The molecule has 1 aromatic rings. The smallest absolute Gasteiger partial charge is 0.341 e. The van der Waals surface area contributed by atoms with Crippen LogP contribution in [-0.2, 0) is 22.1 Å². The maximum Gasteiger partial charge on any atom is 0.341 e. The molecule has 0 unspecified atom stereocenters. The largest absolute Gasteiger partial charge is 0.465 e. The molecule has 1 aliphatic heterocycles. The van der Waals surface area contributed by atoms with Gasteiger partial charge in [-0.2, -0.15) is 0 Å². The standard InChI is InChI=1S/C13H19NO4S/c1-9-12(13(15)17-2)7-11(18-9)8-14-10-3-5-19(16)6-4-10/h7,10,14H,3-6,8H2,1-2H3. The molecule has 0 amide bonds. The number of rotatable bonds is 4. The molecule has 2 rings (SSSR count). The monoisotopic (exact) mass is 285 g/mol. The van der Waals surface area contributed by atoms with Crippen molar-refractivity contribution in [2.24, 2.45) is 0 Å². The summed E-state index contributed by atoms with van der Waals surface area (Å²) in [4.78, 5) is 11.5. The van der Waals surface area contributed by atoms with Crippen LogP contribution in [0, 0.1) is 6.92 Å². The molecule has 0 atom stereocenters. The number of nitrogens with one attached hydrogen (secondary N) is 1. The molecule has 2 heterocycles. The van der Waals surface area contributed by atoms with Crippen molar-refractivity contribution in [2.75, 3.05) is 18.6 Å². The van der Waals surface area contributed by atoms with Gasteiger partial charge < -0.3 is 14.5 Å². The second-order valence-electron chi connectivity index (χ2n) is 4.68. The third kappa shape index (κ3) is 3.67. The van der Waals surface area contributed by atoms with Gasteiger partial charge in [0.05, 0.1) is 13.7 Å². The van der Waals surface area contributed by atoms with Crippen molar-refractivity contribution in [3.05, 3.63) is 23.2 Å². The molecule has 19 heavy (non-hydrogen) atoms. The second-order valence-corrected chi connectivity index (χ2v) is 6.37. The molecule has 0 radical (unpaired) electrons. The molecule has 5 nitrogen and oxygen atoms in total. The van der Waals surface area contributed by atoms with Crippen LogP contribution in [0.4, 0.5) is 0 Å². The van der Waals surface area contributed by atoms with Crippen LogP contribution < -0.4 is 5.32 Å². The Morgan fingerprint density at radius 1 is 1.53 bits per heavy atom. The fourth-order valence-corrected chi connectivity index (χ4v) is 3.49. The van der Waals surface area contributed by atoms with E-state index in [2.05, 4.69) is 10.1 Å². The molecule has 0 spiro atoms. The van der Waals surface area contributed by atoms with Crippen LogP contribution in [0.5, 0.6) is 0 Å². The van der Waals surface area contributed by atoms with E-state index >= 15 is 0 Å². The van der Waals surface area contributed by atoms with E-state index in [9.17, 15) is 9.00 Å². The molecule has 1 aliphatic rings. The lowest BCUT2D eigenvalue weighted by Crippen LogP contribution is -2.35. The summed E-state index contributed by atoms with van der Waals surface area (Å²) >= 11 is 0. The van der Waals surface area contributed by atoms with Gasteiger partial charge in [0, 0.05) is 28.3 Å². The molecule has 106 valence electrons. The van der Waals surface area contributed by atoms with Crippen molar-refractivity contribution in [1.29, 1.82) is 0 Å². The van der Waals surface area contributed by atoms with Gasteiger partial charge in [-0.05, 0) is 25.8 Å². The number of ether oxygens (including phenoxy) is 1. The van der Waals surface area contributed by atoms with Crippen molar-refractivity contribution in [2.45, 2.75) is 32.4 Å². The molecule has 0 aromatic carbocycles. The van der Waals surface area contributed by atoms with Crippen LogP contribution in [0.25, 0.3) is 0 Å². The number of carbonyl (C=O) groups is 1. The highest BCUT2D eigenvalue weighted by Crippen LogP contribution is 2.16. The van der Waals surface area contributed by atoms with Gasteiger partial charge in [-0.25, -0.2) is 4.79 Å². The lowest BCUT2D eigenvalue weighted by molar-refractivity contribution is 0.0599. The molecule has 0 aliphatic carbocycles. The first-order chi connectivity index (χ1) is 9.10. The van der Waals surface area contributed by atoms with Crippen LogP contribution in [0.1, 0.15) is 34.7 Å². The highest BCUT2D eigenvalue weighted by atomic mass is 32.2. The summed E-state index contributed by atoms with van der Waals surface area (Å²) in [5.41, 5.74) is 0.476. The van der Waals surface area contributed by atoms with E-state index in [4.69, 9.17) is 4.42 Å². The minimum Gasteiger partial charge on any atom is -0.465 e. The van der Waals surface area contributed by atoms with Crippen LogP contribution >= 0.6 is 0 Å². The Morgan fingerprint density at radius 3 is 2.84 bits per heavy atom. The van der Waals surface area contributed by atoms with Gasteiger partial charge in [-0.1, -0.05) is 0 Å². The maximum absolute atomic E-state index is 11.5. The van der Waals surface area contributed by atoms with Crippen molar-refractivity contribution < 1.29 is 18.2 Å². The molecule has 1 N–H and O–H groups in total. The summed E-state index contributed by atoms with van der Waals surface area (Å²) in [5.74, 6) is 2.46. The van der Waals surface area contributed by atoms with Crippen molar-refractivity contribution in [3.63, 3.8) is 0 Å². The van der Waals surface area contributed by atoms with E-state index in [0.29, 0.717) is 23.9 Å². The molecule has 1 saturated heterocycles. The summed E-state index contributed by atoms with van der Waals surface area (Å²) in [7, 11) is 0.715. The van der Waals surface area contributed by atoms with Crippen LogP contribution in [0.15, 0.2) is 10.5 Å². The van der Waals surface area contributed by atoms with Crippen LogP contribution in [0.2, 0.25) is 0 Å². The minimum absolute atomic E-state index is 0.374. The molecular formula is C13H19NO4S. The van der Waals surface area contributed by atoms with Gasteiger partial charge in [0.1, 0.15) is 17.1 Å². The quantitative estimate of drug-likeness (QED) is 0.846. The SMILES string of the molecule is COC(=O)c1cc(CNC2CCS(=O)CC2)oc1C. The highest BCUT2D eigenvalue weighted by molar-refractivity contribution is 7.85. The summed E-state index contributed by atoms with van der Waals surface area (Å²) in [6, 6.07) is 2.10. The van der Waals surface area contributed by atoms with E-state index in [1.807, 2.05) is 0 Å². The Morgan fingerprint density at radius 2 is 2.21 bits per heavy atom. The van der Waals surface area contributed by atoms with E-state index in [1.54, 1.807) is 13.0 Å².